The number of likely N-dealkylation sites (N-methyl/N-ethyl adjacent to an activating group) is 2. The second kappa shape index (κ2) is 7.07. The van der Waals surface area contributed by atoms with E-state index >= 15 is 0 Å². The van der Waals surface area contributed by atoms with Gasteiger partial charge in [-0.15, -0.1) is 0 Å². The Morgan fingerprint density at radius 3 is 2.65 bits per heavy atom. The minimum Gasteiger partial charge on any atom is -0.365 e. The largest absolute Gasteiger partial charge is 0.365 e. The van der Waals surface area contributed by atoms with Crippen LogP contribution in [0.15, 0.2) is 36.4 Å². The number of benzene rings is 1. The van der Waals surface area contributed by atoms with Gasteiger partial charge in [-0.3, -0.25) is 0 Å². The molecule has 0 amide bonds. The Labute approximate surface area is 103 Å². The molecule has 1 N–H and O–H groups in total. The molecule has 0 aromatic heterocycles. The highest BCUT2D eigenvalue weighted by atomic mass is 19.1. The zero-order valence-electron chi connectivity index (χ0n) is 10.7. The van der Waals surface area contributed by atoms with Crippen molar-refractivity contribution >= 4 is 5.69 Å². The molecule has 1 aromatic carbocycles. The average molecular weight is 236 g/mol. The van der Waals surface area contributed by atoms with Gasteiger partial charge in [-0.2, -0.15) is 0 Å². The van der Waals surface area contributed by atoms with Gasteiger partial charge in [0.25, 0.3) is 0 Å². The van der Waals surface area contributed by atoms with Crippen LogP contribution >= 0.6 is 0 Å². The Bertz CT molecular complexity index is 363. The van der Waals surface area contributed by atoms with E-state index in [1.807, 2.05) is 17.9 Å². The van der Waals surface area contributed by atoms with Crippen LogP contribution in [0.5, 0.6) is 0 Å². The van der Waals surface area contributed by atoms with Crippen LogP contribution in [0, 0.1) is 5.82 Å². The van der Waals surface area contributed by atoms with E-state index in [2.05, 4.69) is 18.8 Å². The molecule has 0 heterocycles. The van der Waals surface area contributed by atoms with E-state index < -0.39 is 0 Å². The van der Waals surface area contributed by atoms with Gasteiger partial charge in [0, 0.05) is 19.6 Å². The van der Waals surface area contributed by atoms with Gasteiger partial charge in [0.2, 0.25) is 0 Å². The van der Waals surface area contributed by atoms with Gasteiger partial charge in [-0.25, -0.2) is 4.39 Å². The Morgan fingerprint density at radius 2 is 2.06 bits per heavy atom. The quantitative estimate of drug-likeness (QED) is 0.732. The predicted molar refractivity (Wildman–Crippen MR) is 72.0 cm³/mol. The van der Waals surface area contributed by atoms with Crippen LogP contribution in [0.25, 0.3) is 0 Å². The fourth-order valence-electron chi connectivity index (χ4n) is 1.70. The lowest BCUT2D eigenvalue weighted by molar-refractivity contribution is 0.619. The molecule has 0 spiro atoms. The number of hydrogen-bond acceptors (Lipinski definition) is 2. The number of hydrogen-bond donors (Lipinski definition) is 1. The Kier molecular flexibility index (Phi) is 5.70. The molecule has 0 saturated heterocycles. The molecule has 0 bridgehead atoms. The van der Waals surface area contributed by atoms with E-state index in [0.717, 1.165) is 25.2 Å². The highest BCUT2D eigenvalue weighted by Gasteiger charge is 2.09. The first-order valence-corrected chi connectivity index (χ1v) is 6.05. The van der Waals surface area contributed by atoms with Crippen LogP contribution in [0.3, 0.4) is 0 Å². The second-order valence-corrected chi connectivity index (χ2v) is 4.00. The van der Waals surface area contributed by atoms with E-state index in [-0.39, 0.29) is 5.82 Å². The molecule has 3 heteroatoms. The topological polar surface area (TPSA) is 15.3 Å². The maximum atomic E-state index is 13.6. The van der Waals surface area contributed by atoms with Gasteiger partial charge in [0.1, 0.15) is 5.82 Å². The second-order valence-electron chi connectivity index (χ2n) is 4.00. The van der Waals surface area contributed by atoms with Crippen LogP contribution in [-0.4, -0.2) is 26.2 Å². The summed E-state index contributed by atoms with van der Waals surface area (Å²) in [5, 5.41) is 3.22. The summed E-state index contributed by atoms with van der Waals surface area (Å²) in [5.74, 6) is -0.175. The van der Waals surface area contributed by atoms with E-state index in [1.54, 1.807) is 12.1 Å². The summed E-state index contributed by atoms with van der Waals surface area (Å²) in [7, 11) is 0. The predicted octanol–water partition coefficient (Wildman–Crippen LogP) is 2.82. The molecule has 0 radical (unpaired) electrons. The fraction of sp³-hybridized carbons (Fsp3) is 0.429. The summed E-state index contributed by atoms with van der Waals surface area (Å²) < 4.78 is 13.6. The summed E-state index contributed by atoms with van der Waals surface area (Å²) in [5.41, 5.74) is 1.71. The van der Waals surface area contributed by atoms with Crippen LogP contribution < -0.4 is 10.2 Å². The molecule has 2 nitrogen and oxygen atoms in total. The molecule has 0 atom stereocenters. The smallest absolute Gasteiger partial charge is 0.146 e. The van der Waals surface area contributed by atoms with Gasteiger partial charge in [-0.1, -0.05) is 25.6 Å². The van der Waals surface area contributed by atoms with E-state index in [1.165, 1.54) is 6.07 Å². The fourth-order valence-corrected chi connectivity index (χ4v) is 1.70. The molecule has 17 heavy (non-hydrogen) atoms. The molecular weight excluding hydrogens is 215 g/mol. The monoisotopic (exact) mass is 236 g/mol. The zero-order valence-corrected chi connectivity index (χ0v) is 10.7. The summed E-state index contributed by atoms with van der Waals surface area (Å²) in [6.45, 7) is 11.2. The highest BCUT2D eigenvalue weighted by molar-refractivity contribution is 5.48. The molecule has 0 aliphatic heterocycles. The molecule has 0 saturated carbocycles. The lowest BCUT2D eigenvalue weighted by Crippen LogP contribution is -2.29. The number of anilines is 1. The maximum Gasteiger partial charge on any atom is 0.146 e. The molecule has 1 rings (SSSR count). The number of nitrogens with one attached hydrogen (secondary N) is 1. The van der Waals surface area contributed by atoms with Gasteiger partial charge in [-0.05, 0) is 31.2 Å². The molecular formula is C14H21FN2. The third-order valence-electron chi connectivity index (χ3n) is 2.61. The Morgan fingerprint density at radius 1 is 1.35 bits per heavy atom. The van der Waals surface area contributed by atoms with Crippen LogP contribution in [0.1, 0.15) is 13.8 Å². The van der Waals surface area contributed by atoms with Gasteiger partial charge < -0.3 is 10.2 Å². The van der Waals surface area contributed by atoms with E-state index in [9.17, 15) is 4.39 Å². The van der Waals surface area contributed by atoms with Crippen LogP contribution in [-0.2, 0) is 0 Å². The minimum absolute atomic E-state index is 0.175. The molecule has 94 valence electrons. The highest BCUT2D eigenvalue weighted by Crippen LogP contribution is 2.18. The average Bonchev–Trinajstić information content (AvgIpc) is 2.34. The van der Waals surface area contributed by atoms with Gasteiger partial charge in [0.05, 0.1) is 5.69 Å². The van der Waals surface area contributed by atoms with Crippen LogP contribution in [0.2, 0.25) is 0 Å². The van der Waals surface area contributed by atoms with Gasteiger partial charge in [0.15, 0.2) is 0 Å². The number of rotatable bonds is 7. The molecule has 0 unspecified atom stereocenters. The lowest BCUT2D eigenvalue weighted by Gasteiger charge is -2.24. The van der Waals surface area contributed by atoms with Crippen molar-refractivity contribution in [1.82, 2.24) is 5.32 Å². The summed E-state index contributed by atoms with van der Waals surface area (Å²) in [6.07, 6.45) is 0. The van der Waals surface area contributed by atoms with E-state index in [4.69, 9.17) is 0 Å². The number of nitrogens with zero attached hydrogens (tertiary/aromatic N) is 1. The standard InChI is InChI=1S/C14H21FN2/c1-4-16-10-12(3)11-17(5-2)14-9-7-6-8-13(14)15/h6-9,16H,3-5,10-11H2,1-2H3. The zero-order chi connectivity index (χ0) is 12.7. The molecule has 1 aromatic rings. The van der Waals surface area contributed by atoms with Crippen molar-refractivity contribution in [2.45, 2.75) is 13.8 Å². The molecule has 0 aliphatic rings. The SMILES string of the molecule is C=C(CNCC)CN(CC)c1ccccc1F. The first-order chi connectivity index (χ1) is 8.19. The van der Waals surface area contributed by atoms with Crippen molar-refractivity contribution in [1.29, 1.82) is 0 Å². The summed E-state index contributed by atoms with van der Waals surface area (Å²) in [6, 6.07) is 6.86. The minimum atomic E-state index is -0.175. The first-order valence-electron chi connectivity index (χ1n) is 6.05. The van der Waals surface area contributed by atoms with Gasteiger partial charge >= 0.3 is 0 Å². The molecule has 0 fully saturated rings. The van der Waals surface area contributed by atoms with E-state index in [0.29, 0.717) is 12.2 Å². The Hall–Kier alpha value is -1.35. The third-order valence-corrected chi connectivity index (χ3v) is 2.61. The van der Waals surface area contributed by atoms with Crippen molar-refractivity contribution in [3.05, 3.63) is 42.2 Å². The van der Waals surface area contributed by atoms with Crippen LogP contribution in [0.4, 0.5) is 10.1 Å². The van der Waals surface area contributed by atoms with Crippen molar-refractivity contribution < 1.29 is 4.39 Å². The van der Waals surface area contributed by atoms with Crippen molar-refractivity contribution in [3.8, 4) is 0 Å². The third kappa shape index (κ3) is 4.19. The Balaban J connectivity index is 2.66. The lowest BCUT2D eigenvalue weighted by atomic mass is 10.2. The van der Waals surface area contributed by atoms with Crippen molar-refractivity contribution in [2.24, 2.45) is 0 Å². The summed E-state index contributed by atoms with van der Waals surface area (Å²) >= 11 is 0. The number of halogens is 1. The first kappa shape index (κ1) is 13.7. The normalized spacial score (nSPS) is 10.3. The van der Waals surface area contributed by atoms with Crippen molar-refractivity contribution in [2.75, 3.05) is 31.1 Å². The molecule has 0 aliphatic carbocycles. The number of para-hydroxylation sites is 1. The van der Waals surface area contributed by atoms with Crippen molar-refractivity contribution in [3.63, 3.8) is 0 Å². The maximum absolute atomic E-state index is 13.6. The summed E-state index contributed by atoms with van der Waals surface area (Å²) in [4.78, 5) is 2.00.